The van der Waals surface area contributed by atoms with E-state index in [0.29, 0.717) is 5.70 Å². The van der Waals surface area contributed by atoms with E-state index in [4.69, 9.17) is 11.5 Å². The number of allylic oxidation sites excluding steroid dienone is 3. The van der Waals surface area contributed by atoms with Crippen molar-refractivity contribution in [2.45, 2.75) is 38.0 Å². The number of nitrogens with one attached hydrogen (secondary N) is 1. The number of rotatable bonds is 7. The fraction of sp³-hybridized carbons (Fsp3) is 0.231. The van der Waals surface area contributed by atoms with E-state index in [-0.39, 0.29) is 11.9 Å². The highest BCUT2D eigenvalue weighted by molar-refractivity contribution is 7.09. The average molecular weight is 473 g/mol. The van der Waals surface area contributed by atoms with Gasteiger partial charge in [-0.3, -0.25) is 4.79 Å². The van der Waals surface area contributed by atoms with Crippen molar-refractivity contribution in [1.29, 1.82) is 0 Å². The van der Waals surface area contributed by atoms with E-state index in [9.17, 15) is 4.79 Å². The molecule has 1 amide bonds. The minimum absolute atomic E-state index is 0.0361. The highest BCUT2D eigenvalue weighted by atomic mass is 32.1. The Bertz CT molecular complexity index is 1240. The van der Waals surface area contributed by atoms with Crippen LogP contribution < -0.4 is 16.8 Å². The van der Waals surface area contributed by atoms with Gasteiger partial charge in [-0.25, -0.2) is 15.0 Å². The number of thiazole rings is 1. The Hall–Kier alpha value is -3.78. The molecule has 4 rings (SSSR count). The quantitative estimate of drug-likeness (QED) is 0.436. The summed E-state index contributed by atoms with van der Waals surface area (Å²) in [5, 5.41) is 5.93. The van der Waals surface area contributed by atoms with Crippen LogP contribution in [0.25, 0.3) is 16.7 Å². The molecule has 1 aromatic carbocycles. The largest absolute Gasteiger partial charge is 0.404 e. The molecule has 7 nitrogen and oxygen atoms in total. The number of nitrogens with zero attached hydrogens (tertiary/aromatic N) is 3. The third kappa shape index (κ3) is 4.92. The van der Waals surface area contributed by atoms with Crippen LogP contribution in [0.1, 0.15) is 41.9 Å². The highest BCUT2D eigenvalue weighted by Crippen LogP contribution is 2.42. The van der Waals surface area contributed by atoms with Gasteiger partial charge in [-0.15, -0.1) is 11.3 Å². The summed E-state index contributed by atoms with van der Waals surface area (Å²) in [5.74, 6) is 0.206. The van der Waals surface area contributed by atoms with Gasteiger partial charge in [-0.05, 0) is 43.0 Å². The van der Waals surface area contributed by atoms with Crippen molar-refractivity contribution in [3.05, 3.63) is 88.9 Å². The Balaban J connectivity index is 1.49. The summed E-state index contributed by atoms with van der Waals surface area (Å²) >= 11 is 1.56. The molecular formula is C26H28N6OS. The topological polar surface area (TPSA) is 120 Å². The van der Waals surface area contributed by atoms with Gasteiger partial charge in [0.25, 0.3) is 0 Å². The van der Waals surface area contributed by atoms with Gasteiger partial charge < -0.3 is 16.8 Å². The summed E-state index contributed by atoms with van der Waals surface area (Å²) in [6, 6.07) is 8.05. The maximum Gasteiger partial charge on any atom is 0.235 e. The number of benzene rings is 1. The number of hydrogen-bond acceptors (Lipinski definition) is 7. The first-order valence-corrected chi connectivity index (χ1v) is 12.0. The maximum atomic E-state index is 13.5. The number of hydrogen-bond donors (Lipinski definition) is 3. The van der Waals surface area contributed by atoms with E-state index in [1.807, 2.05) is 42.6 Å². The molecule has 0 spiro atoms. The Morgan fingerprint density at radius 3 is 2.38 bits per heavy atom. The van der Waals surface area contributed by atoms with Crippen LogP contribution >= 0.6 is 11.3 Å². The molecule has 8 heteroatoms. The van der Waals surface area contributed by atoms with Crippen molar-refractivity contribution in [3.8, 4) is 11.1 Å². The van der Waals surface area contributed by atoms with Gasteiger partial charge >= 0.3 is 0 Å². The van der Waals surface area contributed by atoms with E-state index >= 15 is 0 Å². The lowest BCUT2D eigenvalue weighted by molar-refractivity contribution is -0.125. The van der Waals surface area contributed by atoms with Crippen LogP contribution in [-0.4, -0.2) is 20.9 Å². The predicted octanol–water partition coefficient (Wildman–Crippen LogP) is 4.49. The molecule has 174 valence electrons. The van der Waals surface area contributed by atoms with E-state index in [2.05, 4.69) is 26.8 Å². The third-order valence-electron chi connectivity index (χ3n) is 6.17. The van der Waals surface area contributed by atoms with Crippen LogP contribution in [0.15, 0.2) is 72.7 Å². The fourth-order valence-electron chi connectivity index (χ4n) is 4.31. The Kier molecular flexibility index (Phi) is 6.88. The van der Waals surface area contributed by atoms with Crippen molar-refractivity contribution in [1.82, 2.24) is 20.3 Å². The number of amides is 1. The molecule has 0 unspecified atom stereocenters. The molecule has 1 saturated carbocycles. The summed E-state index contributed by atoms with van der Waals surface area (Å²) in [7, 11) is 0. The lowest BCUT2D eigenvalue weighted by Gasteiger charge is -2.28. The normalized spacial score (nSPS) is 15.5. The van der Waals surface area contributed by atoms with E-state index in [0.717, 1.165) is 58.6 Å². The van der Waals surface area contributed by atoms with Crippen LogP contribution in [-0.2, 0) is 10.2 Å². The molecular weight excluding hydrogens is 444 g/mol. The predicted molar refractivity (Wildman–Crippen MR) is 137 cm³/mol. The number of aromatic nitrogens is 3. The zero-order valence-electron chi connectivity index (χ0n) is 19.1. The van der Waals surface area contributed by atoms with Gasteiger partial charge in [0.05, 0.1) is 16.1 Å². The molecule has 0 atom stereocenters. The van der Waals surface area contributed by atoms with Crippen LogP contribution in [0.4, 0.5) is 5.95 Å². The first-order chi connectivity index (χ1) is 16.4. The van der Waals surface area contributed by atoms with Gasteiger partial charge in [0, 0.05) is 40.8 Å². The number of nitrogens with two attached hydrogens (primary N) is 2. The summed E-state index contributed by atoms with van der Waals surface area (Å²) in [5.41, 5.74) is 15.7. The van der Waals surface area contributed by atoms with Crippen LogP contribution in [0.5, 0.6) is 0 Å². The van der Waals surface area contributed by atoms with Gasteiger partial charge in [0.2, 0.25) is 11.9 Å². The Morgan fingerprint density at radius 2 is 1.79 bits per heavy atom. The lowest BCUT2D eigenvalue weighted by atomic mass is 9.77. The molecule has 0 bridgehead atoms. The minimum atomic E-state index is -0.578. The van der Waals surface area contributed by atoms with Gasteiger partial charge in [0.15, 0.2) is 0 Å². The molecule has 0 aliphatic heterocycles. The number of carbonyl (C=O) groups excluding carboxylic acids is 1. The molecule has 1 aliphatic rings. The van der Waals surface area contributed by atoms with Crippen LogP contribution in [0.2, 0.25) is 0 Å². The second-order valence-electron chi connectivity index (χ2n) is 8.38. The summed E-state index contributed by atoms with van der Waals surface area (Å²) < 4.78 is 0. The Labute approximate surface area is 203 Å². The standard InChI is InChI=1S/C26H28N6OS/c1-17(5-6-20(13-27)23-16-34-18(2)32-23)31-24(33)26(11-3-4-12-26)22-9-7-19(8-10-22)21-14-29-25(28)30-15-21/h5-10,13-16H,1,3-4,11-12,27H2,2H3,(H,31,33)(H2,28,29,30)/b6-5-,20-13+. The molecule has 3 aromatic rings. The number of aryl methyl sites for hydroxylation is 1. The SMILES string of the molecule is C=C(/C=C\C(=C/N)c1csc(C)n1)NC(=O)C1(c2ccc(-c3cnc(N)nc3)cc2)CCCC1. The van der Waals surface area contributed by atoms with Crippen molar-refractivity contribution in [3.63, 3.8) is 0 Å². The van der Waals surface area contributed by atoms with E-state index < -0.39 is 5.41 Å². The summed E-state index contributed by atoms with van der Waals surface area (Å²) in [6.07, 6.45) is 12.1. The third-order valence-corrected chi connectivity index (χ3v) is 6.94. The zero-order chi connectivity index (χ0) is 24.1. The number of nitrogen functional groups attached to an aromatic ring is 1. The van der Waals surface area contributed by atoms with Gasteiger partial charge in [-0.2, -0.15) is 0 Å². The highest BCUT2D eigenvalue weighted by Gasteiger charge is 2.42. The first-order valence-electron chi connectivity index (χ1n) is 11.1. The zero-order valence-corrected chi connectivity index (χ0v) is 19.9. The fourth-order valence-corrected chi connectivity index (χ4v) is 4.94. The maximum absolute atomic E-state index is 13.5. The van der Waals surface area contributed by atoms with Crippen molar-refractivity contribution in [2.24, 2.45) is 5.73 Å². The summed E-state index contributed by atoms with van der Waals surface area (Å²) in [6.45, 7) is 5.97. The van der Waals surface area contributed by atoms with Crippen molar-refractivity contribution < 1.29 is 4.79 Å². The second kappa shape index (κ2) is 10.0. The van der Waals surface area contributed by atoms with Gasteiger partial charge in [-0.1, -0.05) is 43.7 Å². The Morgan fingerprint density at radius 1 is 1.12 bits per heavy atom. The molecule has 1 fully saturated rings. The summed E-state index contributed by atoms with van der Waals surface area (Å²) in [4.78, 5) is 26.0. The van der Waals surface area contributed by atoms with Crippen molar-refractivity contribution >= 4 is 28.8 Å². The lowest BCUT2D eigenvalue weighted by Crippen LogP contribution is -2.41. The van der Waals surface area contributed by atoms with E-state index in [1.54, 1.807) is 29.8 Å². The van der Waals surface area contributed by atoms with E-state index in [1.165, 1.54) is 6.20 Å². The van der Waals surface area contributed by atoms with Crippen molar-refractivity contribution in [2.75, 3.05) is 5.73 Å². The molecule has 0 radical (unpaired) electrons. The molecule has 5 N–H and O–H groups in total. The molecule has 1 aliphatic carbocycles. The minimum Gasteiger partial charge on any atom is -0.404 e. The number of anilines is 1. The monoisotopic (exact) mass is 472 g/mol. The second-order valence-corrected chi connectivity index (χ2v) is 9.45. The molecule has 0 saturated heterocycles. The smallest absolute Gasteiger partial charge is 0.235 e. The van der Waals surface area contributed by atoms with Crippen LogP contribution in [0, 0.1) is 6.92 Å². The molecule has 34 heavy (non-hydrogen) atoms. The molecule has 2 heterocycles. The molecule has 2 aromatic heterocycles. The average Bonchev–Trinajstić information content (AvgIpc) is 3.50. The number of carbonyl (C=O) groups is 1. The van der Waals surface area contributed by atoms with Crippen LogP contribution in [0.3, 0.4) is 0 Å². The van der Waals surface area contributed by atoms with Gasteiger partial charge in [0.1, 0.15) is 0 Å². The first kappa shape index (κ1) is 23.4.